The molecule has 0 bridgehead atoms. The van der Waals surface area contributed by atoms with Crippen molar-refractivity contribution in [3.8, 4) is 5.75 Å². The van der Waals surface area contributed by atoms with E-state index in [4.69, 9.17) is 19.7 Å². The van der Waals surface area contributed by atoms with Crippen molar-refractivity contribution >= 4 is 30.5 Å². The molecule has 0 spiro atoms. The lowest BCUT2D eigenvalue weighted by atomic mass is 10.3. The second kappa shape index (κ2) is 10.5. The first-order valence-corrected chi connectivity index (χ1v) is 11.9. The fraction of sp³-hybridized carbons (Fsp3) is 0.400. The summed E-state index contributed by atoms with van der Waals surface area (Å²) in [5.74, 6) is 0.156. The zero-order valence-corrected chi connectivity index (χ0v) is 19.1. The molecule has 0 aliphatic heterocycles. The predicted molar refractivity (Wildman–Crippen MR) is 119 cm³/mol. The fourth-order valence-corrected chi connectivity index (χ4v) is 4.73. The molecule has 0 saturated carbocycles. The van der Waals surface area contributed by atoms with E-state index in [-0.39, 0.29) is 19.1 Å². The van der Waals surface area contributed by atoms with Crippen molar-refractivity contribution in [1.29, 1.82) is 0 Å². The quantitative estimate of drug-likeness (QED) is 0.322. The van der Waals surface area contributed by atoms with Crippen molar-refractivity contribution in [2.24, 2.45) is 0 Å². The van der Waals surface area contributed by atoms with Crippen molar-refractivity contribution in [2.45, 2.75) is 39.5 Å². The van der Waals surface area contributed by atoms with Gasteiger partial charge < -0.3 is 24.3 Å². The minimum absolute atomic E-state index is 0.217. The first-order chi connectivity index (χ1) is 15.3. The van der Waals surface area contributed by atoms with Crippen LogP contribution in [-0.2, 0) is 25.4 Å². The second-order valence-corrected chi connectivity index (χ2v) is 9.16. The van der Waals surface area contributed by atoms with Gasteiger partial charge in [0, 0.05) is 0 Å². The number of nitrogens with two attached hydrogens (primary N) is 1. The number of hydrogen-bond acceptors (Lipinski definition) is 9. The smallest absolute Gasteiger partial charge is 0.342 e. The monoisotopic (exact) mass is 462 g/mol. The summed E-state index contributed by atoms with van der Waals surface area (Å²) in [5.41, 5.74) is 6.90. The summed E-state index contributed by atoms with van der Waals surface area (Å²) in [7, 11) is -3.62. The number of fused-ring (bicyclic) bond motifs is 1. The van der Waals surface area contributed by atoms with Crippen LogP contribution in [0.15, 0.2) is 43.0 Å². The second-order valence-electron chi connectivity index (χ2n) is 7.12. The number of carbonyl (C=O) groups is 1. The molecule has 3 N–H and O–H groups in total. The van der Waals surface area contributed by atoms with E-state index in [2.05, 4.69) is 20.0 Å². The molecule has 32 heavy (non-hydrogen) atoms. The van der Waals surface area contributed by atoms with Gasteiger partial charge in [0.15, 0.2) is 11.5 Å². The van der Waals surface area contributed by atoms with Crippen LogP contribution in [0.3, 0.4) is 0 Å². The number of rotatable bonds is 11. The molecule has 11 nitrogen and oxygen atoms in total. The average molecular weight is 462 g/mol. The van der Waals surface area contributed by atoms with E-state index in [0.717, 1.165) is 0 Å². The highest BCUT2D eigenvalue weighted by Gasteiger charge is 2.31. The Bertz CT molecular complexity index is 1090. The van der Waals surface area contributed by atoms with Gasteiger partial charge in [-0.05, 0) is 32.9 Å². The van der Waals surface area contributed by atoms with Gasteiger partial charge in [0.05, 0.1) is 25.6 Å². The number of nitrogens with one attached hydrogen (secondary N) is 1. The van der Waals surface area contributed by atoms with E-state index in [1.807, 2.05) is 13.0 Å². The van der Waals surface area contributed by atoms with Gasteiger partial charge in [-0.15, -0.1) is 0 Å². The number of benzene rings is 1. The van der Waals surface area contributed by atoms with E-state index >= 15 is 0 Å². The Labute approximate surface area is 185 Å². The van der Waals surface area contributed by atoms with Gasteiger partial charge in [-0.1, -0.05) is 18.2 Å². The number of esters is 1. The molecule has 172 valence electrons. The third-order valence-electron chi connectivity index (χ3n) is 4.44. The third kappa shape index (κ3) is 6.03. The molecular formula is C20H27N6O5P. The third-order valence-corrected chi connectivity index (χ3v) is 6.21. The van der Waals surface area contributed by atoms with Crippen molar-refractivity contribution < 1.29 is 23.4 Å². The first kappa shape index (κ1) is 23.6. The van der Waals surface area contributed by atoms with Crippen LogP contribution >= 0.6 is 7.52 Å². The Kier molecular flexibility index (Phi) is 7.79. The van der Waals surface area contributed by atoms with Crippen LogP contribution in [0.5, 0.6) is 5.75 Å². The Morgan fingerprint density at radius 3 is 2.69 bits per heavy atom. The van der Waals surface area contributed by atoms with Gasteiger partial charge in [0.2, 0.25) is 0 Å². The Hall–Kier alpha value is -3.01. The lowest BCUT2D eigenvalue weighted by molar-refractivity contribution is -0.144. The highest BCUT2D eigenvalue weighted by Crippen LogP contribution is 2.44. The summed E-state index contributed by atoms with van der Waals surface area (Å²) in [6, 6.07) is 7.84. The average Bonchev–Trinajstić information content (AvgIpc) is 3.17. The van der Waals surface area contributed by atoms with E-state index in [1.54, 1.807) is 49.0 Å². The number of para-hydroxylation sites is 1. The number of nitrogens with zero attached hydrogens (tertiary/aromatic N) is 4. The highest BCUT2D eigenvalue weighted by molar-refractivity contribution is 7.57. The maximum absolute atomic E-state index is 13.5. The van der Waals surface area contributed by atoms with E-state index in [1.165, 1.54) is 6.33 Å². The van der Waals surface area contributed by atoms with Gasteiger partial charge in [0.1, 0.15) is 30.0 Å². The summed E-state index contributed by atoms with van der Waals surface area (Å²) in [6.07, 6.45) is 2.31. The Morgan fingerprint density at radius 1 is 1.22 bits per heavy atom. The number of carbonyl (C=O) groups excluding carboxylic acids is 1. The number of hydrogen-bond donors (Lipinski definition) is 2. The van der Waals surface area contributed by atoms with Crippen molar-refractivity contribution in [3.05, 3.63) is 43.0 Å². The van der Waals surface area contributed by atoms with Crippen molar-refractivity contribution in [1.82, 2.24) is 24.6 Å². The number of anilines is 1. The molecule has 2 aromatic heterocycles. The van der Waals surface area contributed by atoms with Crippen molar-refractivity contribution in [3.63, 3.8) is 0 Å². The van der Waals surface area contributed by atoms with Crippen LogP contribution < -0.4 is 15.3 Å². The molecule has 3 rings (SSSR count). The molecule has 0 saturated heterocycles. The van der Waals surface area contributed by atoms with Crippen LogP contribution in [0.4, 0.5) is 5.82 Å². The molecule has 0 unspecified atom stereocenters. The summed E-state index contributed by atoms with van der Waals surface area (Å²) in [4.78, 5) is 24.4. The minimum atomic E-state index is -3.62. The van der Waals surface area contributed by atoms with E-state index < -0.39 is 19.5 Å². The SMILES string of the molecule is CCOC(=O)[C@@H](C)N[P@](=O)(CO[C@H](C)Cn1cnc2c(N)ncnc21)Oc1ccccc1. The lowest BCUT2D eigenvalue weighted by Crippen LogP contribution is -2.36. The molecule has 3 atom stereocenters. The molecule has 0 fully saturated rings. The number of imidazole rings is 1. The Balaban J connectivity index is 1.69. The molecule has 1 aromatic carbocycles. The summed E-state index contributed by atoms with van der Waals surface area (Å²) in [6.45, 7) is 5.68. The van der Waals surface area contributed by atoms with Crippen LogP contribution in [0, 0.1) is 0 Å². The van der Waals surface area contributed by atoms with Crippen LogP contribution in [0.1, 0.15) is 20.8 Å². The fourth-order valence-electron chi connectivity index (χ4n) is 2.94. The number of ether oxygens (including phenoxy) is 2. The molecule has 0 radical (unpaired) electrons. The molecule has 0 amide bonds. The number of nitrogen functional groups attached to an aromatic ring is 1. The maximum Gasteiger partial charge on any atom is 0.342 e. The minimum Gasteiger partial charge on any atom is -0.465 e. The summed E-state index contributed by atoms with van der Waals surface area (Å²) >= 11 is 0. The lowest BCUT2D eigenvalue weighted by Gasteiger charge is -2.25. The standard InChI is InChI=1S/C20H27N6O5P/c1-4-29-20(27)15(3)25-32(28,31-16-8-6-5-7-9-16)13-30-14(2)10-26-12-24-17-18(21)22-11-23-19(17)26/h5-9,11-12,14-15H,4,10,13H2,1-3H3,(H,25,28)(H2,21,22,23)/t14-,15-,32+/m1/s1. The predicted octanol–water partition coefficient (Wildman–Crippen LogP) is 2.58. The van der Waals surface area contributed by atoms with Crippen LogP contribution in [-0.4, -0.2) is 50.6 Å². The molecule has 0 aliphatic carbocycles. The van der Waals surface area contributed by atoms with E-state index in [0.29, 0.717) is 29.3 Å². The van der Waals surface area contributed by atoms with Crippen LogP contribution in [0.25, 0.3) is 11.2 Å². The molecular weight excluding hydrogens is 435 g/mol. The largest absolute Gasteiger partial charge is 0.465 e. The van der Waals surface area contributed by atoms with Gasteiger partial charge >= 0.3 is 13.5 Å². The zero-order valence-electron chi connectivity index (χ0n) is 18.2. The highest BCUT2D eigenvalue weighted by atomic mass is 31.2. The first-order valence-electron chi connectivity index (χ1n) is 10.1. The topological polar surface area (TPSA) is 143 Å². The van der Waals surface area contributed by atoms with Crippen LogP contribution in [0.2, 0.25) is 0 Å². The summed E-state index contributed by atoms with van der Waals surface area (Å²) in [5, 5.41) is 2.76. The maximum atomic E-state index is 13.5. The van der Waals surface area contributed by atoms with Crippen molar-refractivity contribution in [2.75, 3.05) is 18.7 Å². The molecule has 2 heterocycles. The number of aromatic nitrogens is 4. The molecule has 0 aliphatic rings. The normalized spacial score (nSPS) is 15.1. The van der Waals surface area contributed by atoms with Gasteiger partial charge in [-0.2, -0.15) is 0 Å². The van der Waals surface area contributed by atoms with Gasteiger partial charge in [-0.3, -0.25) is 9.36 Å². The Morgan fingerprint density at radius 2 is 1.97 bits per heavy atom. The van der Waals surface area contributed by atoms with Gasteiger partial charge in [0.25, 0.3) is 0 Å². The zero-order chi connectivity index (χ0) is 23.1. The van der Waals surface area contributed by atoms with E-state index in [9.17, 15) is 9.36 Å². The molecule has 12 heteroatoms. The summed E-state index contributed by atoms with van der Waals surface area (Å²) < 4.78 is 31.9. The van der Waals surface area contributed by atoms with Gasteiger partial charge in [-0.25, -0.2) is 20.0 Å². The molecule has 3 aromatic rings.